The van der Waals surface area contributed by atoms with E-state index in [1.807, 2.05) is 0 Å². The topological polar surface area (TPSA) is 58.2 Å². The summed E-state index contributed by atoms with van der Waals surface area (Å²) in [6.45, 7) is -0.219. The standard InChI is InChI=1S/C17H14ClF3N2O2/c18-14-4-2-1-3-13(14)16(25)23-10-15(24)22-9-11-5-7-12(8-6-11)17(19,20)21/h1-8H,9-10H2,(H,22,24)(H,23,25). The van der Waals surface area contributed by atoms with E-state index in [1.54, 1.807) is 18.2 Å². The van der Waals surface area contributed by atoms with Gasteiger partial charge < -0.3 is 10.6 Å². The number of rotatable bonds is 5. The normalized spacial score (nSPS) is 11.0. The molecule has 0 unspecified atom stereocenters. The molecular formula is C17H14ClF3N2O2. The van der Waals surface area contributed by atoms with Crippen LogP contribution in [0, 0.1) is 0 Å². The van der Waals surface area contributed by atoms with Crippen molar-refractivity contribution in [3.05, 3.63) is 70.2 Å². The number of carbonyl (C=O) groups is 2. The molecule has 0 aliphatic rings. The zero-order chi connectivity index (χ0) is 18.4. The van der Waals surface area contributed by atoms with Crippen molar-refractivity contribution in [2.45, 2.75) is 12.7 Å². The predicted molar refractivity (Wildman–Crippen MR) is 87.1 cm³/mol. The largest absolute Gasteiger partial charge is 0.416 e. The van der Waals surface area contributed by atoms with Crippen LogP contribution in [0.1, 0.15) is 21.5 Å². The Morgan fingerprint density at radius 1 is 0.960 bits per heavy atom. The predicted octanol–water partition coefficient (Wildman–Crippen LogP) is 3.41. The van der Waals surface area contributed by atoms with Crippen molar-refractivity contribution in [2.24, 2.45) is 0 Å². The second-order valence-corrected chi connectivity index (χ2v) is 5.54. The molecule has 132 valence electrons. The number of carbonyl (C=O) groups excluding carboxylic acids is 2. The van der Waals surface area contributed by atoms with Gasteiger partial charge in [0.2, 0.25) is 5.91 Å². The monoisotopic (exact) mass is 370 g/mol. The lowest BCUT2D eigenvalue weighted by Crippen LogP contribution is -2.36. The Hall–Kier alpha value is -2.54. The van der Waals surface area contributed by atoms with E-state index in [0.29, 0.717) is 5.56 Å². The highest BCUT2D eigenvalue weighted by molar-refractivity contribution is 6.33. The Morgan fingerprint density at radius 3 is 2.20 bits per heavy atom. The Labute approximate surface area is 147 Å². The van der Waals surface area contributed by atoms with Crippen LogP contribution < -0.4 is 10.6 Å². The lowest BCUT2D eigenvalue weighted by molar-refractivity contribution is -0.137. The maximum absolute atomic E-state index is 12.5. The van der Waals surface area contributed by atoms with Crippen molar-refractivity contribution in [2.75, 3.05) is 6.54 Å². The van der Waals surface area contributed by atoms with Crippen LogP contribution in [0.25, 0.3) is 0 Å². The number of alkyl halides is 3. The van der Waals surface area contributed by atoms with E-state index in [4.69, 9.17) is 11.6 Å². The molecule has 25 heavy (non-hydrogen) atoms. The van der Waals surface area contributed by atoms with Gasteiger partial charge in [-0.25, -0.2) is 0 Å². The van der Waals surface area contributed by atoms with Crippen molar-refractivity contribution in [3.63, 3.8) is 0 Å². The summed E-state index contributed by atoms with van der Waals surface area (Å²) in [5.41, 5.74) is 0.00747. The average Bonchev–Trinajstić information content (AvgIpc) is 2.58. The Kier molecular flexibility index (Phi) is 6.03. The summed E-state index contributed by atoms with van der Waals surface area (Å²) < 4.78 is 37.4. The van der Waals surface area contributed by atoms with Gasteiger partial charge in [-0.15, -0.1) is 0 Å². The van der Waals surface area contributed by atoms with Gasteiger partial charge in [0.25, 0.3) is 5.91 Å². The van der Waals surface area contributed by atoms with E-state index in [9.17, 15) is 22.8 Å². The fourth-order valence-electron chi connectivity index (χ4n) is 1.98. The third-order valence-corrected chi connectivity index (χ3v) is 3.63. The summed E-state index contributed by atoms with van der Waals surface area (Å²) in [6.07, 6.45) is -4.40. The maximum atomic E-state index is 12.5. The SMILES string of the molecule is O=C(CNC(=O)c1ccccc1Cl)NCc1ccc(C(F)(F)F)cc1. The molecule has 2 rings (SSSR count). The van der Waals surface area contributed by atoms with Crippen molar-refractivity contribution in [1.82, 2.24) is 10.6 Å². The fourth-order valence-corrected chi connectivity index (χ4v) is 2.20. The van der Waals surface area contributed by atoms with Gasteiger partial charge in [0, 0.05) is 6.54 Å². The number of hydrogen-bond acceptors (Lipinski definition) is 2. The molecule has 0 aliphatic heterocycles. The summed E-state index contributed by atoms with van der Waals surface area (Å²) >= 11 is 5.88. The number of nitrogens with one attached hydrogen (secondary N) is 2. The van der Waals surface area contributed by atoms with Crippen LogP contribution in [0.4, 0.5) is 13.2 Å². The molecule has 4 nitrogen and oxygen atoms in total. The van der Waals surface area contributed by atoms with E-state index in [0.717, 1.165) is 12.1 Å². The summed E-state index contributed by atoms with van der Waals surface area (Å²) in [4.78, 5) is 23.6. The van der Waals surface area contributed by atoms with Crippen LogP contribution in [-0.2, 0) is 17.5 Å². The molecule has 2 aromatic carbocycles. The Bertz CT molecular complexity index is 761. The van der Waals surface area contributed by atoms with Crippen LogP contribution in [-0.4, -0.2) is 18.4 Å². The van der Waals surface area contributed by atoms with E-state index in [-0.39, 0.29) is 23.7 Å². The minimum Gasteiger partial charge on any atom is -0.350 e. The Morgan fingerprint density at radius 2 is 1.60 bits per heavy atom. The number of amides is 2. The molecule has 8 heteroatoms. The number of halogens is 4. The molecule has 0 bridgehead atoms. The van der Waals surface area contributed by atoms with Gasteiger partial charge in [-0.1, -0.05) is 35.9 Å². The van der Waals surface area contributed by atoms with Gasteiger partial charge in [-0.3, -0.25) is 9.59 Å². The maximum Gasteiger partial charge on any atom is 0.416 e. The first kappa shape index (κ1) is 18.8. The summed E-state index contributed by atoms with van der Waals surface area (Å²) in [5, 5.41) is 5.20. The van der Waals surface area contributed by atoms with Gasteiger partial charge in [-0.2, -0.15) is 13.2 Å². The first-order valence-electron chi connectivity index (χ1n) is 7.23. The van der Waals surface area contributed by atoms with Crippen LogP contribution in [0.5, 0.6) is 0 Å². The molecule has 2 N–H and O–H groups in total. The zero-order valence-electron chi connectivity index (χ0n) is 12.9. The molecule has 0 atom stereocenters. The van der Waals surface area contributed by atoms with Crippen LogP contribution in [0.2, 0.25) is 5.02 Å². The quantitative estimate of drug-likeness (QED) is 0.847. The summed E-state index contributed by atoms with van der Waals surface area (Å²) in [6, 6.07) is 10.9. The molecule has 0 radical (unpaired) electrons. The van der Waals surface area contributed by atoms with Crippen molar-refractivity contribution >= 4 is 23.4 Å². The number of hydrogen-bond donors (Lipinski definition) is 2. The number of benzene rings is 2. The second kappa shape index (κ2) is 8.02. The van der Waals surface area contributed by atoms with E-state index in [2.05, 4.69) is 10.6 Å². The van der Waals surface area contributed by atoms with E-state index in [1.165, 1.54) is 18.2 Å². The fraction of sp³-hybridized carbons (Fsp3) is 0.176. The molecule has 0 fully saturated rings. The van der Waals surface area contributed by atoms with Crippen molar-refractivity contribution in [1.29, 1.82) is 0 Å². The molecule has 0 spiro atoms. The van der Waals surface area contributed by atoms with E-state index < -0.39 is 23.6 Å². The Balaban J connectivity index is 1.81. The van der Waals surface area contributed by atoms with Crippen molar-refractivity contribution in [3.8, 4) is 0 Å². The third kappa shape index (κ3) is 5.49. The highest BCUT2D eigenvalue weighted by Crippen LogP contribution is 2.29. The van der Waals surface area contributed by atoms with Crippen molar-refractivity contribution < 1.29 is 22.8 Å². The van der Waals surface area contributed by atoms with Gasteiger partial charge in [0.15, 0.2) is 0 Å². The second-order valence-electron chi connectivity index (χ2n) is 5.13. The smallest absolute Gasteiger partial charge is 0.350 e. The first-order chi connectivity index (χ1) is 11.8. The van der Waals surface area contributed by atoms with Crippen LogP contribution in [0.15, 0.2) is 48.5 Å². The van der Waals surface area contributed by atoms with E-state index >= 15 is 0 Å². The summed E-state index contributed by atoms with van der Waals surface area (Å²) in [7, 11) is 0. The molecule has 0 saturated carbocycles. The van der Waals surface area contributed by atoms with Crippen LogP contribution in [0.3, 0.4) is 0 Å². The first-order valence-corrected chi connectivity index (χ1v) is 7.61. The lowest BCUT2D eigenvalue weighted by Gasteiger charge is -2.09. The molecule has 2 aromatic rings. The average molecular weight is 371 g/mol. The highest BCUT2D eigenvalue weighted by Gasteiger charge is 2.29. The third-order valence-electron chi connectivity index (χ3n) is 3.30. The molecular weight excluding hydrogens is 357 g/mol. The van der Waals surface area contributed by atoms with Gasteiger partial charge in [0.05, 0.1) is 22.7 Å². The molecule has 0 saturated heterocycles. The minimum absolute atomic E-state index is 0.0545. The molecule has 2 amide bonds. The zero-order valence-corrected chi connectivity index (χ0v) is 13.6. The van der Waals surface area contributed by atoms with Crippen LogP contribution >= 0.6 is 11.6 Å². The molecule has 0 heterocycles. The highest BCUT2D eigenvalue weighted by atomic mass is 35.5. The van der Waals surface area contributed by atoms with Gasteiger partial charge >= 0.3 is 6.18 Å². The van der Waals surface area contributed by atoms with Gasteiger partial charge in [0.1, 0.15) is 0 Å². The lowest BCUT2D eigenvalue weighted by atomic mass is 10.1. The minimum atomic E-state index is -4.40. The molecule has 0 aromatic heterocycles. The summed E-state index contributed by atoms with van der Waals surface area (Å²) in [5.74, 6) is -0.962. The molecule has 0 aliphatic carbocycles. The van der Waals surface area contributed by atoms with Gasteiger partial charge in [-0.05, 0) is 29.8 Å².